The van der Waals surface area contributed by atoms with Gasteiger partial charge in [0.15, 0.2) is 0 Å². The van der Waals surface area contributed by atoms with E-state index in [2.05, 4.69) is 26.6 Å². The number of urea groups is 1. The molecule has 2 amide bonds. The number of carbonyl (C=O) groups is 1. The number of pyridine rings is 1. The Morgan fingerprint density at radius 3 is 2.67 bits per heavy atom. The van der Waals surface area contributed by atoms with Crippen molar-refractivity contribution in [3.63, 3.8) is 0 Å². The fraction of sp³-hybridized carbons (Fsp3) is 0.400. The predicted molar refractivity (Wildman–Crippen MR) is 107 cm³/mol. The summed E-state index contributed by atoms with van der Waals surface area (Å²) < 4.78 is 0. The molecular formula is C20H26N6O. The number of anilines is 3. The van der Waals surface area contributed by atoms with Crippen molar-refractivity contribution in [2.24, 2.45) is 0 Å². The van der Waals surface area contributed by atoms with Crippen molar-refractivity contribution in [1.82, 2.24) is 20.1 Å². The maximum atomic E-state index is 12.2. The number of carbonyl (C=O) groups excluding carboxylic acids is 1. The van der Waals surface area contributed by atoms with Crippen LogP contribution in [0.1, 0.15) is 5.56 Å². The Labute approximate surface area is 160 Å². The summed E-state index contributed by atoms with van der Waals surface area (Å²) in [6.45, 7) is 6.69. The second-order valence-electron chi connectivity index (χ2n) is 7.11. The molecule has 1 aromatic heterocycles. The molecule has 7 heteroatoms. The van der Waals surface area contributed by atoms with Crippen LogP contribution < -0.4 is 15.5 Å². The lowest BCUT2D eigenvalue weighted by atomic mass is 10.2. The van der Waals surface area contributed by atoms with Crippen LogP contribution in [0.5, 0.6) is 0 Å². The van der Waals surface area contributed by atoms with E-state index in [1.807, 2.05) is 43.6 Å². The number of nitrogens with one attached hydrogen (secondary N) is 2. The number of likely N-dealkylation sites (N-methyl/N-ethyl adjacent to an activating group) is 1. The average Bonchev–Trinajstić information content (AvgIpc) is 3.03. The standard InChI is InChI=1S/C20H26N6O/c1-24-11-12-26(20(24)27)18-4-2-3-17(13-18)23-19-6-5-16(14-22-19)15-25-9-7-21-8-10-25/h2-6,13-14,21H,7-12,15H2,1H3,(H,22,23). The summed E-state index contributed by atoms with van der Waals surface area (Å²) in [5.74, 6) is 0.807. The molecule has 0 spiro atoms. The van der Waals surface area contributed by atoms with Crippen LogP contribution in [-0.4, -0.2) is 67.1 Å². The van der Waals surface area contributed by atoms with Crippen LogP contribution in [0.4, 0.5) is 22.0 Å². The van der Waals surface area contributed by atoms with Gasteiger partial charge in [-0.15, -0.1) is 0 Å². The predicted octanol–water partition coefficient (Wildman–Crippen LogP) is 2.10. The van der Waals surface area contributed by atoms with E-state index in [4.69, 9.17) is 0 Å². The summed E-state index contributed by atoms with van der Waals surface area (Å²) in [5, 5.41) is 6.71. The average molecular weight is 366 g/mol. The van der Waals surface area contributed by atoms with Crippen LogP contribution in [0.2, 0.25) is 0 Å². The Kier molecular flexibility index (Phi) is 5.22. The fourth-order valence-electron chi connectivity index (χ4n) is 3.51. The van der Waals surface area contributed by atoms with E-state index in [1.54, 1.807) is 9.80 Å². The number of aromatic nitrogens is 1. The zero-order valence-corrected chi connectivity index (χ0v) is 15.7. The summed E-state index contributed by atoms with van der Waals surface area (Å²) in [6, 6.07) is 12.1. The molecule has 2 fully saturated rings. The van der Waals surface area contributed by atoms with Gasteiger partial charge in [0, 0.05) is 70.4 Å². The molecule has 0 unspecified atom stereocenters. The molecule has 7 nitrogen and oxygen atoms in total. The Bertz CT molecular complexity index is 787. The first-order valence-electron chi connectivity index (χ1n) is 9.47. The smallest absolute Gasteiger partial charge is 0.324 e. The van der Waals surface area contributed by atoms with Crippen molar-refractivity contribution in [3.8, 4) is 0 Å². The van der Waals surface area contributed by atoms with Gasteiger partial charge in [-0.25, -0.2) is 9.78 Å². The topological polar surface area (TPSA) is 63.7 Å². The second kappa shape index (κ2) is 7.94. The molecule has 142 valence electrons. The van der Waals surface area contributed by atoms with Crippen molar-refractivity contribution in [1.29, 1.82) is 0 Å². The molecule has 1 aromatic carbocycles. The van der Waals surface area contributed by atoms with Crippen LogP contribution in [0.3, 0.4) is 0 Å². The third-order valence-electron chi connectivity index (χ3n) is 5.09. The lowest BCUT2D eigenvalue weighted by Gasteiger charge is -2.27. The Hall–Kier alpha value is -2.64. The minimum absolute atomic E-state index is 0.0440. The molecule has 2 aromatic rings. The van der Waals surface area contributed by atoms with Gasteiger partial charge in [-0.2, -0.15) is 0 Å². The first kappa shape index (κ1) is 17.8. The fourth-order valence-corrected chi connectivity index (χ4v) is 3.51. The van der Waals surface area contributed by atoms with Gasteiger partial charge < -0.3 is 15.5 Å². The number of rotatable bonds is 5. The number of benzene rings is 1. The number of piperazine rings is 1. The first-order valence-corrected chi connectivity index (χ1v) is 9.47. The van der Waals surface area contributed by atoms with Gasteiger partial charge in [0.2, 0.25) is 0 Å². The largest absolute Gasteiger partial charge is 0.340 e. The molecule has 27 heavy (non-hydrogen) atoms. The summed E-state index contributed by atoms with van der Waals surface area (Å²) in [5.41, 5.74) is 3.06. The molecule has 2 saturated heterocycles. The van der Waals surface area contributed by atoms with Gasteiger partial charge in [-0.05, 0) is 29.8 Å². The van der Waals surface area contributed by atoms with E-state index in [0.29, 0.717) is 0 Å². The molecule has 0 bridgehead atoms. The van der Waals surface area contributed by atoms with E-state index >= 15 is 0 Å². The molecule has 2 aliphatic rings. The van der Waals surface area contributed by atoms with Crippen LogP contribution in [0.25, 0.3) is 0 Å². The van der Waals surface area contributed by atoms with E-state index in [-0.39, 0.29) is 6.03 Å². The molecule has 3 heterocycles. The molecule has 0 radical (unpaired) electrons. The summed E-state index contributed by atoms with van der Waals surface area (Å²) in [6.07, 6.45) is 1.94. The van der Waals surface area contributed by atoms with Crippen LogP contribution in [-0.2, 0) is 6.54 Å². The lowest BCUT2D eigenvalue weighted by molar-refractivity contribution is 0.229. The zero-order chi connectivity index (χ0) is 18.6. The Morgan fingerprint density at radius 1 is 1.11 bits per heavy atom. The first-order chi connectivity index (χ1) is 13.2. The van der Waals surface area contributed by atoms with Crippen molar-refractivity contribution < 1.29 is 4.79 Å². The maximum absolute atomic E-state index is 12.2. The van der Waals surface area contributed by atoms with Gasteiger partial charge in [-0.1, -0.05) is 12.1 Å². The third kappa shape index (κ3) is 4.20. The highest BCUT2D eigenvalue weighted by atomic mass is 16.2. The van der Waals surface area contributed by atoms with Crippen LogP contribution in [0, 0.1) is 0 Å². The zero-order valence-electron chi connectivity index (χ0n) is 15.7. The van der Waals surface area contributed by atoms with E-state index in [9.17, 15) is 4.79 Å². The van der Waals surface area contributed by atoms with E-state index in [1.165, 1.54) is 5.56 Å². The van der Waals surface area contributed by atoms with Gasteiger partial charge in [0.25, 0.3) is 0 Å². The quantitative estimate of drug-likeness (QED) is 0.849. The minimum atomic E-state index is 0.0440. The van der Waals surface area contributed by atoms with Crippen LogP contribution >= 0.6 is 0 Å². The van der Waals surface area contributed by atoms with E-state index in [0.717, 1.165) is 63.0 Å². The number of hydrogen-bond acceptors (Lipinski definition) is 5. The van der Waals surface area contributed by atoms with Gasteiger partial charge in [0.05, 0.1) is 0 Å². The van der Waals surface area contributed by atoms with Gasteiger partial charge in [0.1, 0.15) is 5.82 Å². The highest BCUT2D eigenvalue weighted by Gasteiger charge is 2.26. The highest BCUT2D eigenvalue weighted by Crippen LogP contribution is 2.24. The molecule has 0 atom stereocenters. The Morgan fingerprint density at radius 2 is 1.96 bits per heavy atom. The number of amides is 2. The van der Waals surface area contributed by atoms with Crippen LogP contribution in [0.15, 0.2) is 42.6 Å². The summed E-state index contributed by atoms with van der Waals surface area (Å²) in [7, 11) is 1.83. The van der Waals surface area contributed by atoms with Crippen molar-refractivity contribution in [2.75, 3.05) is 56.5 Å². The normalized spacial score (nSPS) is 18.2. The lowest BCUT2D eigenvalue weighted by Crippen LogP contribution is -2.42. The number of nitrogens with zero attached hydrogens (tertiary/aromatic N) is 4. The monoisotopic (exact) mass is 366 g/mol. The molecular weight excluding hydrogens is 340 g/mol. The molecule has 2 aliphatic heterocycles. The Balaban J connectivity index is 1.40. The minimum Gasteiger partial charge on any atom is -0.340 e. The summed E-state index contributed by atoms with van der Waals surface area (Å²) >= 11 is 0. The molecule has 2 N–H and O–H groups in total. The van der Waals surface area contributed by atoms with E-state index < -0.39 is 0 Å². The van der Waals surface area contributed by atoms with Gasteiger partial charge >= 0.3 is 6.03 Å². The second-order valence-corrected chi connectivity index (χ2v) is 7.11. The highest BCUT2D eigenvalue weighted by molar-refractivity contribution is 5.94. The molecule has 4 rings (SSSR count). The molecule has 0 saturated carbocycles. The van der Waals surface area contributed by atoms with Crippen molar-refractivity contribution in [3.05, 3.63) is 48.2 Å². The van der Waals surface area contributed by atoms with Crippen molar-refractivity contribution in [2.45, 2.75) is 6.54 Å². The maximum Gasteiger partial charge on any atom is 0.324 e. The summed E-state index contributed by atoms with van der Waals surface area (Å²) in [4.78, 5) is 22.7. The van der Waals surface area contributed by atoms with Gasteiger partial charge in [-0.3, -0.25) is 9.80 Å². The third-order valence-corrected chi connectivity index (χ3v) is 5.09. The van der Waals surface area contributed by atoms with Crippen molar-refractivity contribution >= 4 is 23.2 Å². The SMILES string of the molecule is CN1CCN(c2cccc(Nc3ccc(CN4CCNCC4)cn3)c2)C1=O. The molecule has 0 aliphatic carbocycles. The number of hydrogen-bond donors (Lipinski definition) is 2.